The third-order valence-electron chi connectivity index (χ3n) is 4.87. The predicted octanol–water partition coefficient (Wildman–Crippen LogP) is 4.08. The van der Waals surface area contributed by atoms with Crippen LogP contribution in [0.3, 0.4) is 0 Å². The van der Waals surface area contributed by atoms with Crippen LogP contribution in [-0.2, 0) is 0 Å². The van der Waals surface area contributed by atoms with E-state index in [1.807, 2.05) is 36.4 Å². The average Bonchev–Trinajstić information content (AvgIpc) is 2.68. The monoisotopic (exact) mass is 318 g/mol. The Morgan fingerprint density at radius 2 is 1.79 bits per heavy atom. The molecule has 4 rings (SSSR count). The lowest BCUT2D eigenvalue weighted by Gasteiger charge is -2.29. The molecule has 0 bridgehead atoms. The Balaban J connectivity index is 1.83. The maximum Gasteiger partial charge on any atom is 0.0950 e. The number of pyridine rings is 1. The minimum Gasteiger partial charge on any atom is -0.387 e. The van der Waals surface area contributed by atoms with E-state index in [4.69, 9.17) is 4.98 Å². The first-order chi connectivity index (χ1) is 11.8. The SMILES string of the molecule is O[C@H](c1cc(-c2ccccc2)nc2ccccc12)[C@H]1CCCCN1. The Hall–Kier alpha value is -2.23. The number of benzene rings is 2. The molecule has 0 aliphatic carbocycles. The zero-order chi connectivity index (χ0) is 16.4. The summed E-state index contributed by atoms with van der Waals surface area (Å²) in [6, 6.07) is 20.4. The Kier molecular flexibility index (Phi) is 4.28. The van der Waals surface area contributed by atoms with Gasteiger partial charge in [-0.25, -0.2) is 4.98 Å². The number of nitrogens with zero attached hydrogens (tertiary/aromatic N) is 1. The van der Waals surface area contributed by atoms with Gasteiger partial charge in [0.15, 0.2) is 0 Å². The van der Waals surface area contributed by atoms with Gasteiger partial charge >= 0.3 is 0 Å². The highest BCUT2D eigenvalue weighted by Gasteiger charge is 2.25. The molecule has 1 aromatic heterocycles. The molecule has 1 aliphatic heterocycles. The van der Waals surface area contributed by atoms with Gasteiger partial charge in [-0.1, -0.05) is 55.0 Å². The van der Waals surface area contributed by atoms with Gasteiger partial charge in [0.2, 0.25) is 0 Å². The fourth-order valence-corrected chi connectivity index (χ4v) is 3.57. The molecule has 1 fully saturated rings. The molecular weight excluding hydrogens is 296 g/mol. The Labute approximate surface area is 142 Å². The van der Waals surface area contributed by atoms with E-state index in [0.29, 0.717) is 0 Å². The highest BCUT2D eigenvalue weighted by Crippen LogP contribution is 2.31. The Morgan fingerprint density at radius 1 is 1.00 bits per heavy atom. The van der Waals surface area contributed by atoms with E-state index in [1.165, 1.54) is 12.8 Å². The topological polar surface area (TPSA) is 45.2 Å². The first-order valence-corrected chi connectivity index (χ1v) is 8.69. The molecule has 0 radical (unpaired) electrons. The highest BCUT2D eigenvalue weighted by molar-refractivity contribution is 5.85. The molecule has 122 valence electrons. The third-order valence-corrected chi connectivity index (χ3v) is 4.87. The normalized spacial score (nSPS) is 19.3. The zero-order valence-electron chi connectivity index (χ0n) is 13.7. The van der Waals surface area contributed by atoms with Gasteiger partial charge < -0.3 is 10.4 Å². The molecule has 2 N–H and O–H groups in total. The van der Waals surface area contributed by atoms with Crippen LogP contribution in [0.2, 0.25) is 0 Å². The molecule has 0 spiro atoms. The van der Waals surface area contributed by atoms with Gasteiger partial charge in [-0.05, 0) is 37.1 Å². The molecule has 2 heterocycles. The lowest BCUT2D eigenvalue weighted by atomic mass is 9.92. The number of piperidine rings is 1. The van der Waals surface area contributed by atoms with Crippen LogP contribution >= 0.6 is 0 Å². The molecule has 2 atom stereocenters. The van der Waals surface area contributed by atoms with Crippen LogP contribution in [0.15, 0.2) is 60.7 Å². The molecule has 1 saturated heterocycles. The van der Waals surface area contributed by atoms with E-state index >= 15 is 0 Å². The van der Waals surface area contributed by atoms with Crippen molar-refractivity contribution in [1.82, 2.24) is 10.3 Å². The molecule has 24 heavy (non-hydrogen) atoms. The molecule has 3 aromatic rings. The van der Waals surface area contributed by atoms with Gasteiger partial charge in [-0.3, -0.25) is 0 Å². The van der Waals surface area contributed by atoms with Crippen molar-refractivity contribution in [1.29, 1.82) is 0 Å². The van der Waals surface area contributed by atoms with Crippen molar-refractivity contribution in [3.8, 4) is 11.3 Å². The van der Waals surface area contributed by atoms with Crippen LogP contribution in [0.4, 0.5) is 0 Å². The molecule has 1 aliphatic rings. The fraction of sp³-hybridized carbons (Fsp3) is 0.286. The van der Waals surface area contributed by atoms with E-state index in [2.05, 4.69) is 29.6 Å². The lowest BCUT2D eigenvalue weighted by molar-refractivity contribution is 0.115. The molecule has 3 heteroatoms. The van der Waals surface area contributed by atoms with Gasteiger partial charge in [-0.15, -0.1) is 0 Å². The summed E-state index contributed by atoms with van der Waals surface area (Å²) in [4.78, 5) is 4.80. The van der Waals surface area contributed by atoms with Crippen LogP contribution in [-0.4, -0.2) is 22.7 Å². The van der Waals surface area contributed by atoms with Crippen LogP contribution < -0.4 is 5.32 Å². The lowest BCUT2D eigenvalue weighted by Crippen LogP contribution is -2.38. The van der Waals surface area contributed by atoms with E-state index in [-0.39, 0.29) is 6.04 Å². The molecule has 2 aromatic carbocycles. The van der Waals surface area contributed by atoms with Crippen molar-refractivity contribution >= 4 is 10.9 Å². The van der Waals surface area contributed by atoms with Crippen molar-refractivity contribution in [2.75, 3.05) is 6.54 Å². The first kappa shape index (κ1) is 15.3. The van der Waals surface area contributed by atoms with Gasteiger partial charge in [0.25, 0.3) is 0 Å². The first-order valence-electron chi connectivity index (χ1n) is 8.69. The maximum atomic E-state index is 11.0. The largest absolute Gasteiger partial charge is 0.387 e. The van der Waals surface area contributed by atoms with Gasteiger partial charge in [-0.2, -0.15) is 0 Å². The summed E-state index contributed by atoms with van der Waals surface area (Å²) >= 11 is 0. The summed E-state index contributed by atoms with van der Waals surface area (Å²) in [5, 5.41) is 15.5. The fourth-order valence-electron chi connectivity index (χ4n) is 3.57. The van der Waals surface area contributed by atoms with Crippen LogP contribution in [0.25, 0.3) is 22.2 Å². The minimum atomic E-state index is -0.513. The van der Waals surface area contributed by atoms with Gasteiger partial charge in [0.05, 0.1) is 17.3 Å². The van der Waals surface area contributed by atoms with Crippen LogP contribution in [0.5, 0.6) is 0 Å². The third kappa shape index (κ3) is 2.93. The highest BCUT2D eigenvalue weighted by atomic mass is 16.3. The summed E-state index contributed by atoms with van der Waals surface area (Å²) in [7, 11) is 0. The quantitative estimate of drug-likeness (QED) is 0.765. The molecule has 0 saturated carbocycles. The summed E-state index contributed by atoms with van der Waals surface area (Å²) in [5.74, 6) is 0. The zero-order valence-corrected chi connectivity index (χ0v) is 13.7. The Morgan fingerprint density at radius 3 is 2.58 bits per heavy atom. The summed E-state index contributed by atoms with van der Waals surface area (Å²) in [6.07, 6.45) is 2.86. The van der Waals surface area contributed by atoms with Crippen LogP contribution in [0.1, 0.15) is 30.9 Å². The number of para-hydroxylation sites is 1. The van der Waals surface area contributed by atoms with Crippen molar-refractivity contribution in [3.63, 3.8) is 0 Å². The molecule has 0 amide bonds. The van der Waals surface area contributed by atoms with Gasteiger partial charge in [0, 0.05) is 17.0 Å². The maximum absolute atomic E-state index is 11.0. The van der Waals surface area contributed by atoms with Gasteiger partial charge in [0.1, 0.15) is 0 Å². The van der Waals surface area contributed by atoms with Crippen molar-refractivity contribution in [3.05, 3.63) is 66.2 Å². The van der Waals surface area contributed by atoms with Crippen molar-refractivity contribution in [2.45, 2.75) is 31.4 Å². The number of hydrogen-bond donors (Lipinski definition) is 2. The summed E-state index contributed by atoms with van der Waals surface area (Å²) in [6.45, 7) is 0.982. The number of aromatic nitrogens is 1. The molecule has 3 nitrogen and oxygen atoms in total. The predicted molar refractivity (Wildman–Crippen MR) is 97.8 cm³/mol. The second-order valence-corrected chi connectivity index (χ2v) is 6.48. The van der Waals surface area contributed by atoms with E-state index in [0.717, 1.165) is 40.7 Å². The number of fused-ring (bicyclic) bond motifs is 1. The number of aliphatic hydroxyl groups is 1. The Bertz CT molecular complexity index is 826. The van der Waals surface area contributed by atoms with E-state index in [9.17, 15) is 5.11 Å². The second-order valence-electron chi connectivity index (χ2n) is 6.48. The van der Waals surface area contributed by atoms with E-state index in [1.54, 1.807) is 0 Å². The average molecular weight is 318 g/mol. The van der Waals surface area contributed by atoms with E-state index < -0.39 is 6.10 Å². The smallest absolute Gasteiger partial charge is 0.0950 e. The van der Waals surface area contributed by atoms with Crippen molar-refractivity contribution in [2.24, 2.45) is 0 Å². The van der Waals surface area contributed by atoms with Crippen molar-refractivity contribution < 1.29 is 5.11 Å². The standard InChI is InChI=1S/C21H22N2O/c24-21(19-12-6-7-13-22-19)17-14-20(15-8-2-1-3-9-15)23-18-11-5-4-10-16(17)18/h1-5,8-11,14,19,21-22,24H,6-7,12-13H2/t19-,21-/m1/s1. The number of nitrogens with one attached hydrogen (secondary N) is 1. The minimum absolute atomic E-state index is 0.119. The number of rotatable bonds is 3. The summed E-state index contributed by atoms with van der Waals surface area (Å²) < 4.78 is 0. The summed E-state index contributed by atoms with van der Waals surface area (Å²) in [5.41, 5.74) is 3.90. The van der Waals surface area contributed by atoms with Crippen LogP contribution in [0, 0.1) is 0 Å². The second kappa shape index (κ2) is 6.71. The number of hydrogen-bond acceptors (Lipinski definition) is 3. The molecular formula is C21H22N2O. The molecule has 0 unspecified atom stereocenters. The number of aliphatic hydroxyl groups excluding tert-OH is 1.